The molecule has 5 rings (SSSR count). The number of piperidine rings is 1. The fraction of sp³-hybridized carbons (Fsp3) is 0.556. The van der Waals surface area contributed by atoms with Crippen LogP contribution in [0.25, 0.3) is 0 Å². The van der Waals surface area contributed by atoms with Crippen molar-refractivity contribution in [2.75, 3.05) is 13.1 Å². The summed E-state index contributed by atoms with van der Waals surface area (Å²) in [5.41, 5.74) is 5.20. The number of benzene rings is 1. The largest absolute Gasteiger partial charge is 0.343 e. The first-order valence-electron chi connectivity index (χ1n) is 12.4. The number of hydrogen-bond donors (Lipinski definition) is 0. The van der Waals surface area contributed by atoms with Crippen LogP contribution in [0.3, 0.4) is 0 Å². The maximum absolute atomic E-state index is 13.0. The van der Waals surface area contributed by atoms with Gasteiger partial charge in [-0.05, 0) is 101 Å². The van der Waals surface area contributed by atoms with Crippen molar-refractivity contribution in [3.8, 4) is 0 Å². The Bertz CT molecular complexity index is 1030. The Balaban J connectivity index is 1.38. The zero-order chi connectivity index (χ0) is 22.9. The smallest absolute Gasteiger partial charge is 0.222 e. The van der Waals surface area contributed by atoms with Gasteiger partial charge in [-0.2, -0.15) is 0 Å². The van der Waals surface area contributed by atoms with E-state index in [2.05, 4.69) is 48.9 Å². The topological polar surface area (TPSA) is 33.2 Å². The van der Waals surface area contributed by atoms with Crippen molar-refractivity contribution in [2.45, 2.75) is 70.1 Å². The highest BCUT2D eigenvalue weighted by Gasteiger charge is 2.36. The second-order valence-corrected chi connectivity index (χ2v) is 12.3. The zero-order valence-electron chi connectivity index (χ0n) is 19.0. The number of aromatic nitrogens is 1. The van der Waals surface area contributed by atoms with Crippen molar-refractivity contribution in [2.24, 2.45) is 11.8 Å². The van der Waals surface area contributed by atoms with Crippen LogP contribution in [0.4, 0.5) is 0 Å². The summed E-state index contributed by atoms with van der Waals surface area (Å²) in [6, 6.07) is 6.40. The Kier molecular flexibility index (Phi) is 7.49. The van der Waals surface area contributed by atoms with Gasteiger partial charge in [-0.3, -0.25) is 9.78 Å². The highest BCUT2D eigenvalue weighted by atomic mass is 79.9. The van der Waals surface area contributed by atoms with E-state index in [9.17, 15) is 4.79 Å². The maximum atomic E-state index is 13.0. The van der Waals surface area contributed by atoms with E-state index in [1.165, 1.54) is 54.5 Å². The number of hydrogen-bond acceptors (Lipinski definition) is 2. The molecule has 1 atom stereocenters. The Morgan fingerprint density at radius 2 is 1.73 bits per heavy atom. The van der Waals surface area contributed by atoms with E-state index in [-0.39, 0.29) is 5.92 Å². The van der Waals surface area contributed by atoms with Crippen molar-refractivity contribution in [3.05, 3.63) is 60.7 Å². The molecule has 1 saturated heterocycles. The Labute approximate surface area is 218 Å². The third-order valence-corrected chi connectivity index (χ3v) is 9.28. The van der Waals surface area contributed by atoms with E-state index >= 15 is 0 Å². The molecule has 1 aromatic carbocycles. The molecule has 3 nitrogen and oxygen atoms in total. The molecule has 176 valence electrons. The lowest BCUT2D eigenvalue weighted by atomic mass is 9.76. The summed E-state index contributed by atoms with van der Waals surface area (Å²) in [5.74, 6) is 1.67. The van der Waals surface area contributed by atoms with Crippen molar-refractivity contribution >= 4 is 49.4 Å². The number of aryl methyl sites for hydroxylation is 2. The van der Waals surface area contributed by atoms with Crippen LogP contribution < -0.4 is 0 Å². The molecule has 0 spiro atoms. The summed E-state index contributed by atoms with van der Waals surface area (Å²) in [7, 11) is 0. The Morgan fingerprint density at radius 1 is 1.00 bits per heavy atom. The fourth-order valence-corrected chi connectivity index (χ4v) is 7.78. The summed E-state index contributed by atoms with van der Waals surface area (Å²) < 4.78 is 2.12. The lowest BCUT2D eigenvalue weighted by Gasteiger charge is -2.37. The summed E-state index contributed by atoms with van der Waals surface area (Å²) in [6.07, 6.45) is 13.1. The van der Waals surface area contributed by atoms with Gasteiger partial charge >= 0.3 is 0 Å². The summed E-state index contributed by atoms with van der Waals surface area (Å²) in [6.45, 7) is 1.72. The van der Waals surface area contributed by atoms with Gasteiger partial charge in [0.2, 0.25) is 5.91 Å². The van der Waals surface area contributed by atoms with Crippen molar-refractivity contribution in [1.82, 2.24) is 9.88 Å². The van der Waals surface area contributed by atoms with Gasteiger partial charge in [0, 0.05) is 45.6 Å². The van der Waals surface area contributed by atoms with Crippen LogP contribution in [0.15, 0.2) is 33.3 Å². The Morgan fingerprint density at radius 3 is 2.48 bits per heavy atom. The molecule has 0 bridgehead atoms. The summed E-state index contributed by atoms with van der Waals surface area (Å²) in [4.78, 5) is 20.1. The molecular weight excluding hydrogens is 564 g/mol. The fourth-order valence-electron chi connectivity index (χ4n) is 6.28. The molecule has 1 unspecified atom stereocenters. The maximum Gasteiger partial charge on any atom is 0.222 e. The van der Waals surface area contributed by atoms with E-state index in [4.69, 9.17) is 16.6 Å². The normalized spacial score (nSPS) is 21.9. The van der Waals surface area contributed by atoms with Gasteiger partial charge < -0.3 is 4.90 Å². The first-order valence-corrected chi connectivity index (χ1v) is 14.4. The van der Waals surface area contributed by atoms with E-state index in [0.29, 0.717) is 17.7 Å². The minimum atomic E-state index is 0.229. The van der Waals surface area contributed by atoms with Crippen LogP contribution in [-0.2, 0) is 17.6 Å². The second-order valence-electron chi connectivity index (χ2n) is 10.1. The summed E-state index contributed by atoms with van der Waals surface area (Å²) >= 11 is 13.9. The molecular formula is C27H31Br2ClN2O. The van der Waals surface area contributed by atoms with Gasteiger partial charge in [-0.1, -0.05) is 46.8 Å². The molecule has 33 heavy (non-hydrogen) atoms. The summed E-state index contributed by atoms with van der Waals surface area (Å²) in [5, 5.41) is 0.780. The zero-order valence-corrected chi connectivity index (χ0v) is 22.9. The SMILES string of the molecule is O=C(CC1CCCCC1)N1CCC(C2c3ncc(Br)cc3CCc3cc(Cl)cc(Br)c32)CC1. The third-order valence-electron chi connectivity index (χ3n) is 7.97. The quantitative estimate of drug-likeness (QED) is 0.365. The standard InChI is InChI=1S/C27H31Br2ClN2O/c28-21-13-20-7-6-19-14-22(30)15-23(29)25(19)26(27(20)31-16-21)18-8-10-32(11-9-18)24(33)12-17-4-2-1-3-5-17/h13-18,26H,1-12H2. The number of rotatable bonds is 3. The number of carbonyl (C=O) groups is 1. The predicted molar refractivity (Wildman–Crippen MR) is 141 cm³/mol. The number of halogens is 3. The number of pyridine rings is 1. The van der Waals surface area contributed by atoms with Gasteiger partial charge in [0.1, 0.15) is 0 Å². The molecule has 1 aromatic heterocycles. The molecule has 3 aliphatic rings. The van der Waals surface area contributed by atoms with E-state index < -0.39 is 0 Å². The van der Waals surface area contributed by atoms with E-state index in [1.807, 2.05) is 12.3 Å². The average Bonchev–Trinajstić information content (AvgIpc) is 2.96. The van der Waals surface area contributed by atoms with Crippen LogP contribution in [0.1, 0.15) is 79.7 Å². The first-order chi connectivity index (χ1) is 16.0. The number of nitrogens with zero attached hydrogens (tertiary/aromatic N) is 2. The van der Waals surface area contributed by atoms with Crippen LogP contribution in [-0.4, -0.2) is 28.9 Å². The third kappa shape index (κ3) is 5.21. The van der Waals surface area contributed by atoms with Gasteiger partial charge in [0.05, 0.1) is 5.69 Å². The molecule has 2 fully saturated rings. The number of amides is 1. The van der Waals surface area contributed by atoms with Crippen LogP contribution >= 0.6 is 43.5 Å². The molecule has 6 heteroatoms. The first kappa shape index (κ1) is 23.8. The molecule has 0 N–H and O–H groups in total. The van der Waals surface area contributed by atoms with Crippen LogP contribution in [0.5, 0.6) is 0 Å². The lowest BCUT2D eigenvalue weighted by molar-refractivity contribution is -0.133. The Hall–Kier alpha value is -0.910. The molecule has 2 aliphatic carbocycles. The van der Waals surface area contributed by atoms with E-state index in [1.54, 1.807) is 0 Å². The highest BCUT2D eigenvalue weighted by Crippen LogP contribution is 2.46. The van der Waals surface area contributed by atoms with Crippen molar-refractivity contribution < 1.29 is 4.79 Å². The highest BCUT2D eigenvalue weighted by molar-refractivity contribution is 9.10. The molecule has 1 saturated carbocycles. The van der Waals surface area contributed by atoms with Gasteiger partial charge in [-0.15, -0.1) is 0 Å². The van der Waals surface area contributed by atoms with Crippen LogP contribution in [0, 0.1) is 11.8 Å². The lowest BCUT2D eigenvalue weighted by Crippen LogP contribution is -2.40. The van der Waals surface area contributed by atoms with Crippen molar-refractivity contribution in [3.63, 3.8) is 0 Å². The minimum Gasteiger partial charge on any atom is -0.343 e. The van der Waals surface area contributed by atoms with Gasteiger partial charge in [-0.25, -0.2) is 0 Å². The second kappa shape index (κ2) is 10.4. The van der Waals surface area contributed by atoms with Gasteiger partial charge in [0.25, 0.3) is 0 Å². The van der Waals surface area contributed by atoms with Gasteiger partial charge in [0.15, 0.2) is 0 Å². The molecule has 1 aliphatic heterocycles. The minimum absolute atomic E-state index is 0.229. The number of carbonyl (C=O) groups excluding carboxylic acids is 1. The predicted octanol–water partition coefficient (Wildman–Crippen LogP) is 7.70. The number of fused-ring (bicyclic) bond motifs is 2. The van der Waals surface area contributed by atoms with Crippen molar-refractivity contribution in [1.29, 1.82) is 0 Å². The molecule has 0 radical (unpaired) electrons. The van der Waals surface area contributed by atoms with Crippen LogP contribution in [0.2, 0.25) is 5.02 Å². The molecule has 2 aromatic rings. The average molecular weight is 595 g/mol. The van der Waals surface area contributed by atoms with E-state index in [0.717, 1.165) is 59.2 Å². The molecule has 2 heterocycles. The number of likely N-dealkylation sites (tertiary alicyclic amines) is 1. The molecule has 1 amide bonds. The monoisotopic (exact) mass is 592 g/mol.